The Hall–Kier alpha value is -1.59. The monoisotopic (exact) mass is 200 g/mol. The van der Waals surface area contributed by atoms with Gasteiger partial charge in [0.05, 0.1) is 0 Å². The quantitative estimate of drug-likeness (QED) is 0.738. The van der Waals surface area contributed by atoms with Crippen LogP contribution in [0, 0.1) is 0 Å². The van der Waals surface area contributed by atoms with E-state index in [1.807, 2.05) is 20.8 Å². The first kappa shape index (κ1) is 10.5. The average molecular weight is 200 g/mol. The molecule has 0 aliphatic rings. The van der Waals surface area contributed by atoms with E-state index < -0.39 is 23.7 Å². The van der Waals surface area contributed by atoms with E-state index in [1.54, 1.807) is 0 Å². The van der Waals surface area contributed by atoms with Crippen LogP contribution in [-0.2, 0) is 16.8 Å². The van der Waals surface area contributed by atoms with Gasteiger partial charge in [-0.25, -0.2) is 4.79 Å². The third-order valence-corrected chi connectivity index (χ3v) is 1.53. The molecule has 0 saturated heterocycles. The molecule has 78 valence electrons. The third kappa shape index (κ3) is 2.21. The van der Waals surface area contributed by atoms with Crippen LogP contribution in [0.15, 0.2) is 9.21 Å². The number of nitrogens with zero attached hydrogens (tertiary/aromatic N) is 2. The molecule has 6 nitrogen and oxygen atoms in total. The Labute approximate surface area is 80.2 Å². The SMILES string of the molecule is CC(C)(C)c1nn(CC(=O)O)c(=O)o1. The summed E-state index contributed by atoms with van der Waals surface area (Å²) in [6.07, 6.45) is 0. The van der Waals surface area contributed by atoms with E-state index in [2.05, 4.69) is 5.10 Å². The van der Waals surface area contributed by atoms with Crippen LogP contribution in [0.5, 0.6) is 0 Å². The Morgan fingerprint density at radius 2 is 2.14 bits per heavy atom. The van der Waals surface area contributed by atoms with E-state index in [-0.39, 0.29) is 5.89 Å². The van der Waals surface area contributed by atoms with Crippen molar-refractivity contribution < 1.29 is 14.3 Å². The summed E-state index contributed by atoms with van der Waals surface area (Å²) in [4.78, 5) is 21.4. The van der Waals surface area contributed by atoms with Crippen molar-refractivity contribution in [1.82, 2.24) is 9.78 Å². The van der Waals surface area contributed by atoms with E-state index in [9.17, 15) is 9.59 Å². The number of aliphatic carboxylic acids is 1. The van der Waals surface area contributed by atoms with Gasteiger partial charge < -0.3 is 9.52 Å². The van der Waals surface area contributed by atoms with Crippen molar-refractivity contribution in [3.05, 3.63) is 16.4 Å². The lowest BCUT2D eigenvalue weighted by molar-refractivity contribution is -0.138. The standard InChI is InChI=1S/C8H12N2O4/c1-8(2,3)6-9-10(4-5(11)12)7(13)14-6/h4H2,1-3H3,(H,11,12). The molecule has 6 heteroatoms. The second kappa shape index (κ2) is 3.28. The van der Waals surface area contributed by atoms with Crippen LogP contribution in [-0.4, -0.2) is 20.9 Å². The van der Waals surface area contributed by atoms with Gasteiger partial charge in [0.25, 0.3) is 0 Å². The van der Waals surface area contributed by atoms with Crippen LogP contribution >= 0.6 is 0 Å². The van der Waals surface area contributed by atoms with Crippen LogP contribution in [0.25, 0.3) is 0 Å². The highest BCUT2D eigenvalue weighted by atomic mass is 16.4. The minimum atomic E-state index is -1.12. The van der Waals surface area contributed by atoms with Crippen LogP contribution < -0.4 is 5.76 Å². The number of aromatic nitrogens is 2. The Balaban J connectivity index is 3.06. The highest BCUT2D eigenvalue weighted by Crippen LogP contribution is 2.17. The second-order valence-corrected chi connectivity index (χ2v) is 3.97. The predicted molar refractivity (Wildman–Crippen MR) is 47.1 cm³/mol. The molecule has 1 heterocycles. The average Bonchev–Trinajstić information content (AvgIpc) is 2.30. The summed E-state index contributed by atoms with van der Waals surface area (Å²) in [5.41, 5.74) is -0.400. The lowest BCUT2D eigenvalue weighted by Crippen LogP contribution is -2.21. The number of hydrogen-bond donors (Lipinski definition) is 1. The molecule has 0 aliphatic carbocycles. The van der Waals surface area contributed by atoms with Crippen molar-refractivity contribution in [3.63, 3.8) is 0 Å². The molecular weight excluding hydrogens is 188 g/mol. The zero-order valence-electron chi connectivity index (χ0n) is 8.27. The minimum Gasteiger partial charge on any atom is -0.480 e. The summed E-state index contributed by atoms with van der Waals surface area (Å²) in [5, 5.41) is 12.2. The second-order valence-electron chi connectivity index (χ2n) is 3.97. The van der Waals surface area contributed by atoms with Crippen molar-refractivity contribution in [1.29, 1.82) is 0 Å². The first-order valence-corrected chi connectivity index (χ1v) is 4.11. The van der Waals surface area contributed by atoms with E-state index >= 15 is 0 Å². The summed E-state index contributed by atoms with van der Waals surface area (Å²) in [7, 11) is 0. The molecule has 0 fully saturated rings. The topological polar surface area (TPSA) is 85.3 Å². The molecule has 0 atom stereocenters. The molecule has 0 saturated carbocycles. The molecule has 0 bridgehead atoms. The summed E-state index contributed by atoms with van der Waals surface area (Å²) in [5.74, 6) is -1.62. The molecule has 0 spiro atoms. The Kier molecular flexibility index (Phi) is 2.46. The summed E-state index contributed by atoms with van der Waals surface area (Å²) >= 11 is 0. The maximum atomic E-state index is 11.1. The molecule has 1 aromatic rings. The molecule has 1 aromatic heterocycles. The lowest BCUT2D eigenvalue weighted by Gasteiger charge is -2.10. The smallest absolute Gasteiger partial charge is 0.437 e. The molecule has 0 radical (unpaired) electrons. The fraction of sp³-hybridized carbons (Fsp3) is 0.625. The Bertz CT molecular complexity index is 396. The largest absolute Gasteiger partial charge is 0.480 e. The van der Waals surface area contributed by atoms with E-state index in [0.29, 0.717) is 0 Å². The van der Waals surface area contributed by atoms with Crippen molar-refractivity contribution in [3.8, 4) is 0 Å². The molecule has 0 amide bonds. The molecule has 1 N–H and O–H groups in total. The highest BCUT2D eigenvalue weighted by molar-refractivity contribution is 5.66. The first-order chi connectivity index (χ1) is 6.30. The maximum Gasteiger partial charge on any atom is 0.437 e. The molecule has 1 rings (SSSR count). The molecular formula is C8H12N2O4. The number of hydrogen-bond acceptors (Lipinski definition) is 4. The summed E-state index contributed by atoms with van der Waals surface area (Å²) < 4.78 is 5.61. The zero-order valence-corrected chi connectivity index (χ0v) is 8.27. The zero-order chi connectivity index (χ0) is 10.9. The third-order valence-electron chi connectivity index (χ3n) is 1.53. The van der Waals surface area contributed by atoms with Crippen molar-refractivity contribution >= 4 is 5.97 Å². The van der Waals surface area contributed by atoms with Crippen LogP contribution in [0.4, 0.5) is 0 Å². The van der Waals surface area contributed by atoms with Crippen LogP contribution in [0.2, 0.25) is 0 Å². The molecule has 14 heavy (non-hydrogen) atoms. The van der Waals surface area contributed by atoms with E-state index in [0.717, 1.165) is 4.68 Å². The Morgan fingerprint density at radius 3 is 2.50 bits per heavy atom. The number of carboxylic acids is 1. The van der Waals surface area contributed by atoms with Gasteiger partial charge in [-0.2, -0.15) is 4.68 Å². The van der Waals surface area contributed by atoms with Gasteiger partial charge in [-0.15, -0.1) is 5.10 Å². The number of carboxylic acid groups (broad SMARTS) is 1. The fourth-order valence-corrected chi connectivity index (χ4v) is 0.837. The van der Waals surface area contributed by atoms with Crippen molar-refractivity contribution in [2.24, 2.45) is 0 Å². The molecule has 0 unspecified atom stereocenters. The van der Waals surface area contributed by atoms with Crippen molar-refractivity contribution in [2.75, 3.05) is 0 Å². The summed E-state index contributed by atoms with van der Waals surface area (Å²) in [6.45, 7) is 4.99. The summed E-state index contributed by atoms with van der Waals surface area (Å²) in [6, 6.07) is 0. The maximum absolute atomic E-state index is 11.1. The first-order valence-electron chi connectivity index (χ1n) is 4.11. The van der Waals surface area contributed by atoms with Crippen LogP contribution in [0.3, 0.4) is 0 Å². The number of carbonyl (C=O) groups is 1. The van der Waals surface area contributed by atoms with Gasteiger partial charge in [0.1, 0.15) is 6.54 Å². The predicted octanol–water partition coefficient (Wildman–Crippen LogP) is 0.218. The lowest BCUT2D eigenvalue weighted by atomic mass is 9.97. The molecule has 0 aromatic carbocycles. The van der Waals surface area contributed by atoms with Crippen LogP contribution in [0.1, 0.15) is 26.7 Å². The van der Waals surface area contributed by atoms with Gasteiger partial charge in [-0.05, 0) is 0 Å². The fourth-order valence-electron chi connectivity index (χ4n) is 0.837. The van der Waals surface area contributed by atoms with Gasteiger partial charge in [0.15, 0.2) is 0 Å². The van der Waals surface area contributed by atoms with Gasteiger partial charge >= 0.3 is 11.7 Å². The minimum absolute atomic E-state index is 0.240. The van der Waals surface area contributed by atoms with E-state index in [1.165, 1.54) is 0 Å². The Morgan fingerprint density at radius 1 is 1.57 bits per heavy atom. The van der Waals surface area contributed by atoms with Crippen molar-refractivity contribution in [2.45, 2.75) is 32.7 Å². The number of rotatable bonds is 2. The van der Waals surface area contributed by atoms with E-state index in [4.69, 9.17) is 9.52 Å². The normalized spacial score (nSPS) is 11.6. The van der Waals surface area contributed by atoms with Gasteiger partial charge in [0, 0.05) is 5.41 Å². The highest BCUT2D eigenvalue weighted by Gasteiger charge is 2.22. The molecule has 0 aliphatic heterocycles. The van der Waals surface area contributed by atoms with Gasteiger partial charge in [0.2, 0.25) is 5.89 Å². The van der Waals surface area contributed by atoms with Gasteiger partial charge in [-0.3, -0.25) is 4.79 Å². The van der Waals surface area contributed by atoms with Gasteiger partial charge in [-0.1, -0.05) is 20.8 Å².